The van der Waals surface area contributed by atoms with E-state index in [1.807, 2.05) is 24.5 Å². The number of nitrogens with one attached hydrogen (secondary N) is 1. The first-order valence-electron chi connectivity index (χ1n) is 6.11. The largest absolute Gasteiger partial charge is 1.00 e. The van der Waals surface area contributed by atoms with Gasteiger partial charge in [0, 0.05) is 32.2 Å². The summed E-state index contributed by atoms with van der Waals surface area (Å²) in [5.41, 5.74) is 1.28. The van der Waals surface area contributed by atoms with Crippen LogP contribution in [0.4, 0.5) is 0 Å². The molecule has 0 saturated heterocycles. The molecule has 1 heterocycles. The summed E-state index contributed by atoms with van der Waals surface area (Å²) in [5, 5.41) is 3.38. The predicted molar refractivity (Wildman–Crippen MR) is 66.3 cm³/mol. The van der Waals surface area contributed by atoms with E-state index in [0.29, 0.717) is 0 Å². The highest BCUT2D eigenvalue weighted by atomic mass is 35.5. The lowest BCUT2D eigenvalue weighted by Gasteiger charge is -2.05. The number of hydrogen-bond donors (Lipinski definition) is 1. The van der Waals surface area contributed by atoms with Crippen LogP contribution in [-0.2, 0) is 11.3 Å². The van der Waals surface area contributed by atoms with Crippen molar-refractivity contribution >= 4 is 0 Å². The second-order valence-electron chi connectivity index (χ2n) is 3.85. The molecule has 0 spiro atoms. The van der Waals surface area contributed by atoms with Crippen LogP contribution in [0.15, 0.2) is 24.5 Å². The van der Waals surface area contributed by atoms with Gasteiger partial charge in [-0.25, -0.2) is 0 Å². The number of nitrogens with zero attached hydrogens (tertiary/aromatic N) is 1. The lowest BCUT2D eigenvalue weighted by atomic mass is 10.3. The van der Waals surface area contributed by atoms with Crippen molar-refractivity contribution in [1.29, 1.82) is 0 Å². The van der Waals surface area contributed by atoms with E-state index in [-0.39, 0.29) is 12.4 Å². The molecular weight excluding hydrogens is 236 g/mol. The van der Waals surface area contributed by atoms with Crippen molar-refractivity contribution in [1.82, 2.24) is 10.3 Å². The van der Waals surface area contributed by atoms with Gasteiger partial charge < -0.3 is 22.5 Å². The van der Waals surface area contributed by atoms with Crippen LogP contribution in [0.1, 0.15) is 31.7 Å². The third kappa shape index (κ3) is 9.10. The molecule has 0 bridgehead atoms. The van der Waals surface area contributed by atoms with Gasteiger partial charge in [0.15, 0.2) is 0 Å². The van der Waals surface area contributed by atoms with Crippen LogP contribution in [0.5, 0.6) is 0 Å². The average Bonchev–Trinajstić information content (AvgIpc) is 2.34. The summed E-state index contributed by atoms with van der Waals surface area (Å²) in [6.45, 7) is 5.87. The van der Waals surface area contributed by atoms with Crippen LogP contribution in [-0.4, -0.2) is 24.7 Å². The molecule has 17 heavy (non-hydrogen) atoms. The van der Waals surface area contributed by atoms with Crippen LogP contribution in [0.2, 0.25) is 0 Å². The number of pyridine rings is 1. The van der Waals surface area contributed by atoms with Gasteiger partial charge in [0.1, 0.15) is 0 Å². The van der Waals surface area contributed by atoms with Crippen molar-refractivity contribution < 1.29 is 17.1 Å². The number of unbranched alkanes of at least 4 members (excludes halogenated alkanes) is 1. The molecule has 1 aromatic heterocycles. The molecule has 1 aromatic rings. The van der Waals surface area contributed by atoms with Gasteiger partial charge in [-0.3, -0.25) is 4.98 Å². The van der Waals surface area contributed by atoms with E-state index in [2.05, 4.69) is 17.2 Å². The summed E-state index contributed by atoms with van der Waals surface area (Å²) in [6.07, 6.45) is 7.11. The molecule has 0 atom stereocenters. The van der Waals surface area contributed by atoms with Gasteiger partial charge in [0.05, 0.1) is 0 Å². The van der Waals surface area contributed by atoms with Crippen LogP contribution < -0.4 is 17.7 Å². The van der Waals surface area contributed by atoms with Gasteiger partial charge in [-0.05, 0) is 37.1 Å². The van der Waals surface area contributed by atoms with Gasteiger partial charge in [-0.2, -0.15) is 0 Å². The van der Waals surface area contributed by atoms with E-state index in [1.165, 1.54) is 18.4 Å². The van der Waals surface area contributed by atoms with E-state index in [0.717, 1.165) is 32.7 Å². The Kier molecular flexibility index (Phi) is 11.4. The quantitative estimate of drug-likeness (QED) is 0.599. The molecule has 0 radical (unpaired) electrons. The van der Waals surface area contributed by atoms with Gasteiger partial charge in [0.2, 0.25) is 0 Å². The van der Waals surface area contributed by atoms with Crippen LogP contribution in [0.3, 0.4) is 0 Å². The zero-order chi connectivity index (χ0) is 11.5. The third-order valence-corrected chi connectivity index (χ3v) is 2.36. The molecule has 1 rings (SSSR count). The van der Waals surface area contributed by atoms with Gasteiger partial charge >= 0.3 is 0 Å². The molecule has 0 saturated carbocycles. The summed E-state index contributed by atoms with van der Waals surface area (Å²) in [4.78, 5) is 3.98. The van der Waals surface area contributed by atoms with Crippen molar-refractivity contribution in [2.24, 2.45) is 0 Å². The first kappa shape index (κ1) is 16.4. The zero-order valence-electron chi connectivity index (χ0n) is 10.5. The van der Waals surface area contributed by atoms with Gasteiger partial charge in [0.25, 0.3) is 0 Å². The number of rotatable bonds is 9. The predicted octanol–water partition coefficient (Wildman–Crippen LogP) is -0.618. The highest BCUT2D eigenvalue weighted by Crippen LogP contribution is 1.95. The average molecular weight is 258 g/mol. The molecule has 0 fully saturated rings. The van der Waals surface area contributed by atoms with E-state index in [4.69, 9.17) is 4.74 Å². The second-order valence-corrected chi connectivity index (χ2v) is 3.85. The van der Waals surface area contributed by atoms with Crippen molar-refractivity contribution in [3.8, 4) is 0 Å². The van der Waals surface area contributed by atoms with E-state index in [9.17, 15) is 0 Å². The zero-order valence-corrected chi connectivity index (χ0v) is 11.2. The lowest BCUT2D eigenvalue weighted by Crippen LogP contribution is -3.00. The minimum atomic E-state index is 0. The Bertz CT molecular complexity index is 257. The number of hydrogen-bond acceptors (Lipinski definition) is 3. The van der Waals surface area contributed by atoms with Crippen LogP contribution >= 0.6 is 0 Å². The third-order valence-electron chi connectivity index (χ3n) is 2.36. The fourth-order valence-electron chi connectivity index (χ4n) is 1.38. The molecule has 3 nitrogen and oxygen atoms in total. The normalized spacial score (nSPS) is 9.94. The minimum Gasteiger partial charge on any atom is -1.00 e. The second kappa shape index (κ2) is 11.8. The molecule has 1 N–H and O–H groups in total. The first-order chi connectivity index (χ1) is 7.93. The Balaban J connectivity index is 0.00000256. The maximum atomic E-state index is 5.48. The highest BCUT2D eigenvalue weighted by Gasteiger charge is 1.92. The van der Waals surface area contributed by atoms with Crippen molar-refractivity contribution in [3.63, 3.8) is 0 Å². The maximum Gasteiger partial charge on any atom is 0.0478 e. The Morgan fingerprint density at radius 1 is 1.18 bits per heavy atom. The molecule has 0 aromatic carbocycles. The number of halogens is 1. The van der Waals surface area contributed by atoms with E-state index >= 15 is 0 Å². The monoisotopic (exact) mass is 257 g/mol. The van der Waals surface area contributed by atoms with Crippen molar-refractivity contribution in [2.75, 3.05) is 19.8 Å². The summed E-state index contributed by atoms with van der Waals surface area (Å²) < 4.78 is 5.48. The summed E-state index contributed by atoms with van der Waals surface area (Å²) in [7, 11) is 0. The summed E-state index contributed by atoms with van der Waals surface area (Å²) >= 11 is 0. The van der Waals surface area contributed by atoms with E-state index in [1.54, 1.807) is 0 Å². The number of aromatic nitrogens is 1. The smallest absolute Gasteiger partial charge is 0.0478 e. The molecule has 0 amide bonds. The maximum absolute atomic E-state index is 5.48. The Hall–Kier alpha value is -0.640. The molecule has 4 heteroatoms. The molecule has 0 aliphatic carbocycles. The fraction of sp³-hybridized carbons (Fsp3) is 0.615. The Morgan fingerprint density at radius 2 is 1.88 bits per heavy atom. The molecule has 0 aliphatic heterocycles. The van der Waals surface area contributed by atoms with Crippen molar-refractivity contribution in [3.05, 3.63) is 30.1 Å². The highest BCUT2D eigenvalue weighted by molar-refractivity contribution is 5.08. The topological polar surface area (TPSA) is 34.1 Å². The van der Waals surface area contributed by atoms with Crippen molar-refractivity contribution in [2.45, 2.75) is 32.7 Å². The SMILES string of the molecule is CCCCOCCCNCc1ccncc1.[Cl-]. The summed E-state index contributed by atoms with van der Waals surface area (Å²) in [5.74, 6) is 0. The molecule has 98 valence electrons. The fourth-order valence-corrected chi connectivity index (χ4v) is 1.38. The molecular formula is C13H22ClN2O-. The van der Waals surface area contributed by atoms with Gasteiger partial charge in [-0.15, -0.1) is 0 Å². The number of ether oxygens (including phenoxy) is 1. The van der Waals surface area contributed by atoms with Crippen LogP contribution in [0.25, 0.3) is 0 Å². The standard InChI is InChI=1S/C13H22N2O.ClH/c1-2-3-10-16-11-4-7-15-12-13-5-8-14-9-6-13;/h5-6,8-9,15H,2-4,7,10-12H2,1H3;1H/p-1. The lowest BCUT2D eigenvalue weighted by molar-refractivity contribution is -0.00000432. The summed E-state index contributed by atoms with van der Waals surface area (Å²) in [6, 6.07) is 4.06. The first-order valence-corrected chi connectivity index (χ1v) is 6.11. The Labute approximate surface area is 110 Å². The minimum absolute atomic E-state index is 0. The van der Waals surface area contributed by atoms with E-state index < -0.39 is 0 Å². The Morgan fingerprint density at radius 3 is 2.59 bits per heavy atom. The van der Waals surface area contributed by atoms with Crippen LogP contribution in [0, 0.1) is 0 Å². The molecule has 0 unspecified atom stereocenters. The molecule has 0 aliphatic rings. The van der Waals surface area contributed by atoms with Gasteiger partial charge in [-0.1, -0.05) is 13.3 Å².